The fraction of sp³-hybridized carbons (Fsp3) is 0.500. The highest BCUT2D eigenvalue weighted by atomic mass is 16.1. The van der Waals surface area contributed by atoms with Gasteiger partial charge in [0, 0.05) is 31.7 Å². The van der Waals surface area contributed by atoms with Crippen molar-refractivity contribution in [1.29, 1.82) is 0 Å². The van der Waals surface area contributed by atoms with Crippen molar-refractivity contribution in [1.82, 2.24) is 25.2 Å². The van der Waals surface area contributed by atoms with E-state index in [9.17, 15) is 4.79 Å². The first-order valence-corrected chi connectivity index (χ1v) is 9.76. The number of aryl methyl sites for hydroxylation is 1. The lowest BCUT2D eigenvalue weighted by Gasteiger charge is -2.38. The maximum atomic E-state index is 11.4. The second-order valence-corrected chi connectivity index (χ2v) is 7.43. The minimum absolute atomic E-state index is 0.0361. The Bertz CT molecular complexity index is 826. The molecule has 4 N–H and O–H groups in total. The summed E-state index contributed by atoms with van der Waals surface area (Å²) in [5, 5.41) is 6.28. The topological polar surface area (TPSA) is 109 Å². The van der Waals surface area contributed by atoms with Crippen LogP contribution in [0.5, 0.6) is 0 Å². The molecule has 0 bridgehead atoms. The van der Waals surface area contributed by atoms with Gasteiger partial charge in [0.2, 0.25) is 17.8 Å². The van der Waals surface area contributed by atoms with Gasteiger partial charge in [0.15, 0.2) is 0 Å². The molecule has 2 atom stereocenters. The molecule has 1 amide bonds. The van der Waals surface area contributed by atoms with Crippen LogP contribution in [0.3, 0.4) is 0 Å². The number of anilines is 3. The first kappa shape index (κ1) is 20.0. The molecule has 2 heterocycles. The molecule has 0 saturated carbocycles. The monoisotopic (exact) mass is 383 g/mol. The molecule has 1 aromatic heterocycles. The third kappa shape index (κ3) is 5.39. The van der Waals surface area contributed by atoms with E-state index in [4.69, 9.17) is 5.73 Å². The van der Waals surface area contributed by atoms with E-state index in [-0.39, 0.29) is 17.9 Å². The Labute approximate surface area is 166 Å². The summed E-state index contributed by atoms with van der Waals surface area (Å²) in [4.78, 5) is 26.8. The highest BCUT2D eigenvalue weighted by Gasteiger charge is 2.29. The van der Waals surface area contributed by atoms with Gasteiger partial charge in [-0.2, -0.15) is 15.0 Å². The first-order chi connectivity index (χ1) is 13.4. The lowest BCUT2D eigenvalue weighted by molar-refractivity contribution is -0.120. The lowest BCUT2D eigenvalue weighted by Crippen LogP contribution is -2.50. The van der Waals surface area contributed by atoms with Crippen LogP contribution in [-0.2, 0) is 11.3 Å². The molecule has 150 valence electrons. The number of likely N-dealkylation sites (tertiary alicyclic amines) is 1. The van der Waals surface area contributed by atoms with Crippen LogP contribution in [0.15, 0.2) is 24.3 Å². The number of carbonyl (C=O) groups is 1. The number of rotatable bonds is 6. The summed E-state index contributed by atoms with van der Waals surface area (Å²) in [6, 6.07) is 8.24. The number of amides is 1. The summed E-state index contributed by atoms with van der Waals surface area (Å²) in [5.41, 5.74) is 7.98. The Hall–Kier alpha value is -2.74. The van der Waals surface area contributed by atoms with E-state index in [2.05, 4.69) is 37.4 Å². The zero-order chi connectivity index (χ0) is 20.1. The number of nitrogens with one attached hydrogen (secondary N) is 2. The largest absolute Gasteiger partial charge is 0.368 e. The van der Waals surface area contributed by atoms with Gasteiger partial charge in [-0.1, -0.05) is 25.5 Å². The van der Waals surface area contributed by atoms with Gasteiger partial charge in [-0.25, -0.2) is 0 Å². The predicted molar refractivity (Wildman–Crippen MR) is 110 cm³/mol. The van der Waals surface area contributed by atoms with Crippen molar-refractivity contribution >= 4 is 23.5 Å². The van der Waals surface area contributed by atoms with E-state index in [1.807, 2.05) is 31.2 Å². The van der Waals surface area contributed by atoms with Crippen LogP contribution in [0, 0.1) is 12.8 Å². The SMILES string of the molecule is CC[C@@H]1CN(Cc2nc(N)nc(Nc3cccc(C)c3)n2)CC[C@@H]1NC(C)=O. The molecule has 0 aliphatic carbocycles. The number of piperidine rings is 1. The molecule has 8 nitrogen and oxygen atoms in total. The maximum Gasteiger partial charge on any atom is 0.232 e. The molecule has 1 saturated heterocycles. The van der Waals surface area contributed by atoms with E-state index in [1.165, 1.54) is 0 Å². The highest BCUT2D eigenvalue weighted by Crippen LogP contribution is 2.22. The Morgan fingerprint density at radius 2 is 2.14 bits per heavy atom. The summed E-state index contributed by atoms with van der Waals surface area (Å²) in [6.07, 6.45) is 1.94. The number of nitrogens with zero attached hydrogens (tertiary/aromatic N) is 4. The summed E-state index contributed by atoms with van der Waals surface area (Å²) in [5.74, 6) is 1.76. The van der Waals surface area contributed by atoms with Gasteiger partial charge in [0.05, 0.1) is 6.54 Å². The Morgan fingerprint density at radius 3 is 2.86 bits per heavy atom. The van der Waals surface area contributed by atoms with Crippen LogP contribution in [0.1, 0.15) is 38.1 Å². The first-order valence-electron chi connectivity index (χ1n) is 9.76. The van der Waals surface area contributed by atoms with Crippen molar-refractivity contribution in [3.63, 3.8) is 0 Å². The molecule has 0 unspecified atom stereocenters. The van der Waals surface area contributed by atoms with Crippen molar-refractivity contribution in [3.05, 3.63) is 35.7 Å². The zero-order valence-electron chi connectivity index (χ0n) is 16.8. The molecule has 1 aromatic carbocycles. The Kier molecular flexibility index (Phi) is 6.41. The quantitative estimate of drug-likeness (QED) is 0.702. The third-order valence-corrected chi connectivity index (χ3v) is 5.07. The maximum absolute atomic E-state index is 11.4. The zero-order valence-corrected chi connectivity index (χ0v) is 16.8. The second-order valence-electron chi connectivity index (χ2n) is 7.43. The van der Waals surface area contributed by atoms with Crippen LogP contribution < -0.4 is 16.4 Å². The molecular weight excluding hydrogens is 354 g/mol. The summed E-state index contributed by atoms with van der Waals surface area (Å²) < 4.78 is 0. The van der Waals surface area contributed by atoms with Gasteiger partial charge in [-0.3, -0.25) is 9.69 Å². The van der Waals surface area contributed by atoms with Crippen molar-refractivity contribution in [2.75, 3.05) is 24.1 Å². The molecule has 1 aliphatic heterocycles. The summed E-state index contributed by atoms with van der Waals surface area (Å²) in [7, 11) is 0. The van der Waals surface area contributed by atoms with Crippen LogP contribution >= 0.6 is 0 Å². The number of hydrogen-bond acceptors (Lipinski definition) is 7. The van der Waals surface area contributed by atoms with Crippen molar-refractivity contribution < 1.29 is 4.79 Å². The Morgan fingerprint density at radius 1 is 1.32 bits per heavy atom. The minimum Gasteiger partial charge on any atom is -0.368 e. The third-order valence-electron chi connectivity index (χ3n) is 5.07. The average Bonchev–Trinajstić information content (AvgIpc) is 2.62. The molecular formula is C20H29N7O. The van der Waals surface area contributed by atoms with Gasteiger partial charge in [-0.15, -0.1) is 0 Å². The van der Waals surface area contributed by atoms with Crippen molar-refractivity contribution in [2.24, 2.45) is 5.92 Å². The van der Waals surface area contributed by atoms with E-state index in [0.29, 0.717) is 24.2 Å². The van der Waals surface area contributed by atoms with E-state index in [1.54, 1.807) is 6.92 Å². The minimum atomic E-state index is 0.0361. The van der Waals surface area contributed by atoms with E-state index < -0.39 is 0 Å². The van der Waals surface area contributed by atoms with E-state index in [0.717, 1.165) is 37.2 Å². The van der Waals surface area contributed by atoms with Gasteiger partial charge in [0.1, 0.15) is 5.82 Å². The van der Waals surface area contributed by atoms with Crippen LogP contribution in [0.25, 0.3) is 0 Å². The smallest absolute Gasteiger partial charge is 0.232 e. The average molecular weight is 384 g/mol. The van der Waals surface area contributed by atoms with E-state index >= 15 is 0 Å². The van der Waals surface area contributed by atoms with Crippen LogP contribution in [-0.4, -0.2) is 44.9 Å². The summed E-state index contributed by atoms with van der Waals surface area (Å²) >= 11 is 0. The van der Waals surface area contributed by atoms with Gasteiger partial charge in [-0.05, 0) is 37.0 Å². The molecule has 1 aliphatic rings. The number of nitrogen functional groups attached to an aromatic ring is 1. The number of carbonyl (C=O) groups excluding carboxylic acids is 1. The molecule has 0 spiro atoms. The predicted octanol–water partition coefficient (Wildman–Crippen LogP) is 2.24. The fourth-order valence-corrected chi connectivity index (χ4v) is 3.73. The van der Waals surface area contributed by atoms with Gasteiger partial charge < -0.3 is 16.4 Å². The fourth-order valence-electron chi connectivity index (χ4n) is 3.73. The molecule has 3 rings (SSSR count). The second kappa shape index (κ2) is 8.97. The molecule has 28 heavy (non-hydrogen) atoms. The molecule has 1 fully saturated rings. The van der Waals surface area contributed by atoms with Crippen LogP contribution in [0.4, 0.5) is 17.6 Å². The van der Waals surface area contributed by atoms with Crippen LogP contribution in [0.2, 0.25) is 0 Å². The normalized spacial score (nSPS) is 20.0. The van der Waals surface area contributed by atoms with Gasteiger partial charge >= 0.3 is 0 Å². The van der Waals surface area contributed by atoms with Crippen molar-refractivity contribution in [2.45, 2.75) is 46.2 Å². The standard InChI is InChI=1S/C20H29N7O/c1-4-15-11-27(9-8-17(15)22-14(3)28)12-18-24-19(21)26-20(25-18)23-16-7-5-6-13(2)10-16/h5-7,10,15,17H,4,8-9,11-12H2,1-3H3,(H,22,28)(H3,21,23,24,25,26)/t15-,17+/m1/s1. The lowest BCUT2D eigenvalue weighted by atomic mass is 9.90. The molecule has 0 radical (unpaired) electrons. The number of benzene rings is 1. The molecule has 2 aromatic rings. The van der Waals surface area contributed by atoms with Gasteiger partial charge in [0.25, 0.3) is 0 Å². The number of aromatic nitrogens is 3. The highest BCUT2D eigenvalue weighted by molar-refractivity contribution is 5.73. The Balaban J connectivity index is 1.67. The summed E-state index contributed by atoms with van der Waals surface area (Å²) in [6.45, 7) is 8.16. The number of hydrogen-bond donors (Lipinski definition) is 3. The molecule has 8 heteroatoms. The number of nitrogens with two attached hydrogens (primary N) is 1. The van der Waals surface area contributed by atoms with Crippen molar-refractivity contribution in [3.8, 4) is 0 Å².